The lowest BCUT2D eigenvalue weighted by molar-refractivity contribution is -0.153. The Bertz CT molecular complexity index is 395. The van der Waals surface area contributed by atoms with Crippen LogP contribution in [0.3, 0.4) is 0 Å². The average Bonchev–Trinajstić information content (AvgIpc) is 3.27. The molecule has 0 spiro atoms. The molecule has 0 aromatic rings. The van der Waals surface area contributed by atoms with Crippen molar-refractivity contribution in [2.45, 2.75) is 63.6 Å². The minimum Gasteiger partial charge on any atom is -0.368 e. The molecule has 0 aromatic heterocycles. The first-order chi connectivity index (χ1) is 9.65. The number of nitrogens with one attached hydrogen (secondary N) is 1. The van der Waals surface area contributed by atoms with Crippen molar-refractivity contribution < 1.29 is 14.3 Å². The molecule has 5 heteroatoms. The van der Waals surface area contributed by atoms with E-state index in [-0.39, 0.29) is 30.4 Å². The molecule has 20 heavy (non-hydrogen) atoms. The standard InChI is InChI=1S/C15H24N2O3/c1-10(20-9-11-6-7-11)15(19)17-8-14(18)16-12-4-2-3-5-13(12)17/h10-13H,2-9H2,1H3,(H,16,18). The van der Waals surface area contributed by atoms with Gasteiger partial charge in [0, 0.05) is 6.04 Å². The lowest BCUT2D eigenvalue weighted by Crippen LogP contribution is -2.64. The molecule has 0 aromatic carbocycles. The normalized spacial score (nSPS) is 31.4. The lowest BCUT2D eigenvalue weighted by atomic mass is 9.87. The number of nitrogens with zero attached hydrogens (tertiary/aromatic N) is 1. The van der Waals surface area contributed by atoms with E-state index in [1.165, 1.54) is 12.8 Å². The van der Waals surface area contributed by atoms with Gasteiger partial charge in [-0.2, -0.15) is 0 Å². The third kappa shape index (κ3) is 2.97. The van der Waals surface area contributed by atoms with Crippen LogP contribution in [0.1, 0.15) is 45.4 Å². The molecular formula is C15H24N2O3. The van der Waals surface area contributed by atoms with E-state index < -0.39 is 6.10 Å². The molecule has 3 fully saturated rings. The van der Waals surface area contributed by atoms with Crippen LogP contribution in [0.5, 0.6) is 0 Å². The summed E-state index contributed by atoms with van der Waals surface area (Å²) in [7, 11) is 0. The molecule has 1 aliphatic heterocycles. The Balaban J connectivity index is 1.62. The summed E-state index contributed by atoms with van der Waals surface area (Å²) in [5, 5.41) is 3.03. The highest BCUT2D eigenvalue weighted by Crippen LogP contribution is 2.30. The van der Waals surface area contributed by atoms with Gasteiger partial charge in [-0.15, -0.1) is 0 Å². The summed E-state index contributed by atoms with van der Waals surface area (Å²) in [5.74, 6) is 0.602. The van der Waals surface area contributed by atoms with E-state index in [0.29, 0.717) is 12.5 Å². The van der Waals surface area contributed by atoms with Gasteiger partial charge in [-0.25, -0.2) is 0 Å². The molecule has 112 valence electrons. The molecule has 1 N–H and O–H groups in total. The molecular weight excluding hydrogens is 256 g/mol. The second kappa shape index (κ2) is 5.72. The van der Waals surface area contributed by atoms with Crippen molar-refractivity contribution in [3.8, 4) is 0 Å². The zero-order chi connectivity index (χ0) is 14.1. The third-order valence-electron chi connectivity index (χ3n) is 4.70. The molecule has 3 rings (SSSR count). The quantitative estimate of drug-likeness (QED) is 0.838. The monoisotopic (exact) mass is 280 g/mol. The first-order valence-corrected chi connectivity index (χ1v) is 7.86. The molecule has 2 amide bonds. The number of fused-ring (bicyclic) bond motifs is 1. The highest BCUT2D eigenvalue weighted by molar-refractivity contribution is 5.88. The van der Waals surface area contributed by atoms with Crippen LogP contribution >= 0.6 is 0 Å². The number of carbonyl (C=O) groups excluding carboxylic acids is 2. The van der Waals surface area contributed by atoms with E-state index in [2.05, 4.69) is 5.32 Å². The maximum absolute atomic E-state index is 12.6. The predicted molar refractivity (Wildman–Crippen MR) is 74.0 cm³/mol. The first-order valence-electron chi connectivity index (χ1n) is 7.86. The van der Waals surface area contributed by atoms with Gasteiger partial charge in [-0.1, -0.05) is 12.8 Å². The van der Waals surface area contributed by atoms with Gasteiger partial charge in [0.1, 0.15) is 6.10 Å². The Kier molecular flexibility index (Phi) is 3.96. The number of carbonyl (C=O) groups is 2. The van der Waals surface area contributed by atoms with E-state index in [1.807, 2.05) is 6.92 Å². The first kappa shape index (κ1) is 13.9. The van der Waals surface area contributed by atoms with Crippen LogP contribution in [0.2, 0.25) is 0 Å². The van der Waals surface area contributed by atoms with Gasteiger partial charge >= 0.3 is 0 Å². The van der Waals surface area contributed by atoms with Crippen LogP contribution in [-0.4, -0.2) is 48.1 Å². The number of hydrogen-bond acceptors (Lipinski definition) is 3. The Morgan fingerprint density at radius 1 is 1.35 bits per heavy atom. The van der Waals surface area contributed by atoms with Crippen LogP contribution in [0.15, 0.2) is 0 Å². The zero-order valence-electron chi connectivity index (χ0n) is 12.1. The van der Waals surface area contributed by atoms with Gasteiger partial charge in [0.2, 0.25) is 5.91 Å². The van der Waals surface area contributed by atoms with Crippen molar-refractivity contribution in [1.29, 1.82) is 0 Å². The van der Waals surface area contributed by atoms with Crippen molar-refractivity contribution in [3.63, 3.8) is 0 Å². The number of rotatable bonds is 4. The molecule has 2 aliphatic carbocycles. The van der Waals surface area contributed by atoms with E-state index in [0.717, 1.165) is 25.7 Å². The van der Waals surface area contributed by atoms with Crippen LogP contribution < -0.4 is 5.32 Å². The largest absolute Gasteiger partial charge is 0.368 e. The van der Waals surface area contributed by atoms with Crippen molar-refractivity contribution in [3.05, 3.63) is 0 Å². The fourth-order valence-electron chi connectivity index (χ4n) is 3.29. The van der Waals surface area contributed by atoms with Crippen molar-refractivity contribution >= 4 is 11.8 Å². The molecule has 1 heterocycles. The van der Waals surface area contributed by atoms with E-state index in [1.54, 1.807) is 4.90 Å². The van der Waals surface area contributed by atoms with E-state index in [9.17, 15) is 9.59 Å². The second-order valence-electron chi connectivity index (χ2n) is 6.41. The minimum absolute atomic E-state index is 0.0163. The minimum atomic E-state index is -0.427. The van der Waals surface area contributed by atoms with Gasteiger partial charge in [0.15, 0.2) is 0 Å². The summed E-state index contributed by atoms with van der Waals surface area (Å²) in [4.78, 5) is 26.1. The summed E-state index contributed by atoms with van der Waals surface area (Å²) in [6.07, 6.45) is 6.26. The smallest absolute Gasteiger partial charge is 0.252 e. The Morgan fingerprint density at radius 3 is 2.85 bits per heavy atom. The van der Waals surface area contributed by atoms with Crippen LogP contribution in [0, 0.1) is 5.92 Å². The number of hydrogen-bond donors (Lipinski definition) is 1. The fraction of sp³-hybridized carbons (Fsp3) is 0.867. The molecule has 0 bridgehead atoms. The van der Waals surface area contributed by atoms with Gasteiger partial charge < -0.3 is 15.0 Å². The van der Waals surface area contributed by atoms with Gasteiger partial charge in [-0.05, 0) is 38.5 Å². The Hall–Kier alpha value is -1.10. The maximum Gasteiger partial charge on any atom is 0.252 e. The highest BCUT2D eigenvalue weighted by atomic mass is 16.5. The summed E-state index contributed by atoms with van der Waals surface area (Å²) in [5.41, 5.74) is 0. The summed E-state index contributed by atoms with van der Waals surface area (Å²) in [6, 6.07) is 0.311. The van der Waals surface area contributed by atoms with Crippen LogP contribution in [0.25, 0.3) is 0 Å². The fourth-order valence-corrected chi connectivity index (χ4v) is 3.29. The molecule has 3 unspecified atom stereocenters. The molecule has 2 saturated carbocycles. The predicted octanol–water partition coefficient (Wildman–Crippen LogP) is 1.07. The lowest BCUT2D eigenvalue weighted by Gasteiger charge is -2.44. The third-order valence-corrected chi connectivity index (χ3v) is 4.70. The highest BCUT2D eigenvalue weighted by Gasteiger charge is 2.40. The van der Waals surface area contributed by atoms with Crippen LogP contribution in [-0.2, 0) is 14.3 Å². The van der Waals surface area contributed by atoms with Gasteiger partial charge in [0.05, 0.1) is 19.2 Å². The second-order valence-corrected chi connectivity index (χ2v) is 6.41. The molecule has 5 nitrogen and oxygen atoms in total. The summed E-state index contributed by atoms with van der Waals surface area (Å²) < 4.78 is 5.67. The number of ether oxygens (including phenoxy) is 1. The molecule has 1 saturated heterocycles. The van der Waals surface area contributed by atoms with Crippen molar-refractivity contribution in [2.75, 3.05) is 13.2 Å². The average molecular weight is 280 g/mol. The zero-order valence-corrected chi connectivity index (χ0v) is 12.1. The maximum atomic E-state index is 12.6. The number of piperazine rings is 1. The summed E-state index contributed by atoms with van der Waals surface area (Å²) >= 11 is 0. The van der Waals surface area contributed by atoms with Gasteiger partial charge in [0.25, 0.3) is 5.91 Å². The summed E-state index contributed by atoms with van der Waals surface area (Å²) in [6.45, 7) is 2.69. The van der Waals surface area contributed by atoms with Crippen molar-refractivity contribution in [1.82, 2.24) is 10.2 Å². The Labute approximate surface area is 120 Å². The Morgan fingerprint density at radius 2 is 2.10 bits per heavy atom. The van der Waals surface area contributed by atoms with Gasteiger partial charge in [-0.3, -0.25) is 9.59 Å². The molecule has 3 aliphatic rings. The van der Waals surface area contributed by atoms with E-state index in [4.69, 9.17) is 4.74 Å². The SMILES string of the molecule is CC(OCC1CC1)C(=O)N1CC(=O)NC2CCCCC21. The van der Waals surface area contributed by atoms with E-state index >= 15 is 0 Å². The molecule has 3 atom stereocenters. The van der Waals surface area contributed by atoms with Crippen molar-refractivity contribution in [2.24, 2.45) is 5.92 Å². The van der Waals surface area contributed by atoms with Crippen LogP contribution in [0.4, 0.5) is 0 Å². The number of amides is 2. The topological polar surface area (TPSA) is 58.6 Å². The molecule has 0 radical (unpaired) electrons.